The molecule has 2 atom stereocenters. The predicted octanol–water partition coefficient (Wildman–Crippen LogP) is 10.2. The van der Waals surface area contributed by atoms with E-state index in [4.69, 9.17) is 28.0 Å². The molecule has 1 aliphatic heterocycles. The van der Waals surface area contributed by atoms with Gasteiger partial charge in [0.2, 0.25) is 5.91 Å². The summed E-state index contributed by atoms with van der Waals surface area (Å²) in [7, 11) is -4.72. The quantitative estimate of drug-likeness (QED) is 0.0169. The van der Waals surface area contributed by atoms with Crippen molar-refractivity contribution in [3.8, 4) is 0 Å². The van der Waals surface area contributed by atoms with Crippen molar-refractivity contribution in [2.75, 3.05) is 105 Å². The van der Waals surface area contributed by atoms with E-state index in [1.54, 1.807) is 4.90 Å². The number of rotatable bonds is 53. The highest BCUT2D eigenvalue weighted by Crippen LogP contribution is 2.43. The van der Waals surface area contributed by atoms with Gasteiger partial charge in [0.05, 0.1) is 26.3 Å². The summed E-state index contributed by atoms with van der Waals surface area (Å²) < 4.78 is 44.5. The third kappa shape index (κ3) is 48.1. The molecule has 1 unspecified atom stereocenters. The van der Waals surface area contributed by atoms with Gasteiger partial charge in [0.25, 0.3) is 12.9 Å². The second kappa shape index (κ2) is 52.8. The molecule has 462 valence electrons. The molecule has 21 heteroatoms. The monoisotopic (exact) mass is 1150 g/mol. The fourth-order valence-corrected chi connectivity index (χ4v) is 10.3. The SMILES string of the molecule is CCCCCCCCCCCCCCCCCCC(=O)O[C@@H](COC(=O)CCCCCCCCCCCCCCCCC)COP(=O)(O)OCCNC(=O)CN1CCN(COC=O)CCN(COC=O)CCN(CC(=O)O)CC1. The Balaban J connectivity index is 2.65. The van der Waals surface area contributed by atoms with Crippen molar-refractivity contribution in [2.45, 2.75) is 232 Å². The third-order valence-electron chi connectivity index (χ3n) is 14.4. The second-order valence-electron chi connectivity index (χ2n) is 21.5. The highest BCUT2D eigenvalue weighted by atomic mass is 31.2. The number of ether oxygens (including phenoxy) is 4. The Morgan fingerprint density at radius 2 is 0.848 bits per heavy atom. The number of hydrogen-bond acceptors (Lipinski definition) is 17. The number of unbranched alkanes of at least 4 members (excludes halogenated alkanes) is 29. The zero-order valence-corrected chi connectivity index (χ0v) is 50.2. The smallest absolute Gasteiger partial charge is 0.472 e. The topological polar surface area (TPSA) is 240 Å². The minimum Gasteiger partial charge on any atom is -0.480 e. The van der Waals surface area contributed by atoms with Crippen molar-refractivity contribution in [3.63, 3.8) is 0 Å². The maximum Gasteiger partial charge on any atom is 0.472 e. The fraction of sp³-hybridized carbons (Fsp3) is 0.897. The van der Waals surface area contributed by atoms with Gasteiger partial charge < -0.3 is 34.3 Å². The minimum absolute atomic E-state index is 0.00697. The Bertz CT molecular complexity index is 1570. The maximum absolute atomic E-state index is 13.1. The molecule has 3 N–H and O–H groups in total. The number of carbonyl (C=O) groups excluding carboxylic acids is 5. The van der Waals surface area contributed by atoms with Crippen LogP contribution < -0.4 is 5.32 Å². The number of aliphatic carboxylic acids is 1. The van der Waals surface area contributed by atoms with Crippen LogP contribution in [0.5, 0.6) is 0 Å². The summed E-state index contributed by atoms with van der Waals surface area (Å²) in [4.78, 5) is 90.3. The molecule has 0 bridgehead atoms. The van der Waals surface area contributed by atoms with E-state index in [0.29, 0.717) is 78.1 Å². The highest BCUT2D eigenvalue weighted by molar-refractivity contribution is 7.47. The van der Waals surface area contributed by atoms with Crippen LogP contribution in [-0.2, 0) is 61.3 Å². The summed E-state index contributed by atoms with van der Waals surface area (Å²) in [6.45, 7) is 6.28. The molecule has 1 rings (SSSR count). The van der Waals surface area contributed by atoms with E-state index in [1.165, 1.54) is 148 Å². The lowest BCUT2D eigenvalue weighted by Gasteiger charge is -2.33. The number of hydrogen-bond donors (Lipinski definition) is 3. The summed E-state index contributed by atoms with van der Waals surface area (Å²) in [6, 6.07) is 0. The van der Waals surface area contributed by atoms with E-state index in [1.807, 2.05) is 14.7 Å². The Kier molecular flexibility index (Phi) is 49.3. The van der Waals surface area contributed by atoms with Crippen LogP contribution >= 0.6 is 7.82 Å². The van der Waals surface area contributed by atoms with Crippen LogP contribution in [0.3, 0.4) is 0 Å². The molecule has 1 heterocycles. The van der Waals surface area contributed by atoms with Crippen LogP contribution in [0.25, 0.3) is 0 Å². The minimum atomic E-state index is -4.72. The molecule has 1 saturated heterocycles. The van der Waals surface area contributed by atoms with E-state index < -0.39 is 51.0 Å². The van der Waals surface area contributed by atoms with Crippen LogP contribution in [0.15, 0.2) is 0 Å². The molecule has 0 aromatic rings. The summed E-state index contributed by atoms with van der Waals surface area (Å²) in [5.74, 6) is -2.41. The van der Waals surface area contributed by atoms with Gasteiger partial charge >= 0.3 is 25.7 Å². The molecule has 0 aromatic heterocycles. The average Bonchev–Trinajstić information content (AvgIpc) is 3.42. The number of carboxylic acids is 1. The predicted molar refractivity (Wildman–Crippen MR) is 307 cm³/mol. The number of amides is 1. The first-order valence-corrected chi connectivity index (χ1v) is 32.4. The standard InChI is InChI=1S/C58H110N5O15P/c1-3-5-7-9-11-13-15-17-19-21-23-25-27-29-31-33-35-58(70)78-54(48-75-57(69)34-32-30-28-26-24-22-20-18-16-14-12-10-8-6-4-2)49-77-79(71,72)76-45-36-59-55(66)46-60-37-38-61(47-56(67)68)40-42-63(51-74-53-65)44-43-62(41-39-60)50-73-52-64/h52-54H,3-51H2,1-2H3,(H,59,66)(H,67,68)(H,71,72)/t54-/m0/s1. The molecule has 1 fully saturated rings. The van der Waals surface area contributed by atoms with Crippen LogP contribution in [0, 0.1) is 0 Å². The van der Waals surface area contributed by atoms with Gasteiger partial charge in [0.1, 0.15) is 20.1 Å². The van der Waals surface area contributed by atoms with Gasteiger partial charge in [-0.05, 0) is 12.8 Å². The lowest BCUT2D eigenvalue weighted by atomic mass is 10.0. The molecule has 0 saturated carbocycles. The molecule has 0 aromatic carbocycles. The molecular weight excluding hydrogens is 1040 g/mol. The summed E-state index contributed by atoms with van der Waals surface area (Å²) >= 11 is 0. The van der Waals surface area contributed by atoms with Gasteiger partial charge in [-0.1, -0.05) is 200 Å². The molecular formula is C58H110N5O15P. The first kappa shape index (κ1) is 73.8. The molecule has 1 aliphatic rings. The van der Waals surface area contributed by atoms with Gasteiger partial charge in [-0.3, -0.25) is 57.4 Å². The van der Waals surface area contributed by atoms with E-state index >= 15 is 0 Å². The van der Waals surface area contributed by atoms with E-state index in [2.05, 4.69) is 19.2 Å². The number of nitrogens with one attached hydrogen (secondary N) is 1. The lowest BCUT2D eigenvalue weighted by Crippen LogP contribution is -2.49. The number of esters is 2. The zero-order valence-electron chi connectivity index (χ0n) is 49.3. The maximum atomic E-state index is 13.1. The van der Waals surface area contributed by atoms with Gasteiger partial charge in [-0.25, -0.2) is 4.57 Å². The first-order chi connectivity index (χ1) is 38.4. The number of phosphoric ester groups is 1. The molecule has 0 aliphatic carbocycles. The normalized spacial score (nSPS) is 15.5. The van der Waals surface area contributed by atoms with Crippen molar-refractivity contribution in [2.24, 2.45) is 0 Å². The highest BCUT2D eigenvalue weighted by Gasteiger charge is 2.27. The molecule has 79 heavy (non-hydrogen) atoms. The molecule has 0 radical (unpaired) electrons. The van der Waals surface area contributed by atoms with Crippen molar-refractivity contribution in [1.82, 2.24) is 24.9 Å². The Morgan fingerprint density at radius 1 is 0.494 bits per heavy atom. The van der Waals surface area contributed by atoms with E-state index in [0.717, 1.165) is 38.5 Å². The van der Waals surface area contributed by atoms with Crippen molar-refractivity contribution in [1.29, 1.82) is 0 Å². The van der Waals surface area contributed by atoms with Gasteiger partial charge in [0.15, 0.2) is 6.10 Å². The summed E-state index contributed by atoms with van der Waals surface area (Å²) in [5.41, 5.74) is 0. The van der Waals surface area contributed by atoms with E-state index in [-0.39, 0.29) is 52.5 Å². The Hall–Kier alpha value is -3.23. The lowest BCUT2D eigenvalue weighted by molar-refractivity contribution is -0.161. The Morgan fingerprint density at radius 3 is 1.23 bits per heavy atom. The summed E-state index contributed by atoms with van der Waals surface area (Å²) in [6.07, 6.45) is 36.7. The fourth-order valence-electron chi connectivity index (χ4n) is 9.52. The molecule has 0 spiro atoms. The van der Waals surface area contributed by atoms with Crippen molar-refractivity contribution in [3.05, 3.63) is 0 Å². The van der Waals surface area contributed by atoms with Crippen molar-refractivity contribution >= 4 is 44.6 Å². The number of carbonyl (C=O) groups is 6. The first-order valence-electron chi connectivity index (χ1n) is 30.9. The number of nitrogens with zero attached hydrogens (tertiary/aromatic N) is 4. The zero-order chi connectivity index (χ0) is 57.7. The Labute approximate surface area is 476 Å². The second-order valence-corrected chi connectivity index (χ2v) is 22.9. The third-order valence-corrected chi connectivity index (χ3v) is 15.3. The van der Waals surface area contributed by atoms with Gasteiger partial charge in [-0.2, -0.15) is 0 Å². The largest absolute Gasteiger partial charge is 0.480 e. The van der Waals surface area contributed by atoms with Crippen LogP contribution in [0.1, 0.15) is 226 Å². The summed E-state index contributed by atoms with van der Waals surface area (Å²) in [5, 5.41) is 12.2. The number of carboxylic acid groups (broad SMARTS) is 1. The molecule has 20 nitrogen and oxygen atoms in total. The van der Waals surface area contributed by atoms with Crippen LogP contribution in [0.2, 0.25) is 0 Å². The number of phosphoric acid groups is 1. The van der Waals surface area contributed by atoms with Gasteiger partial charge in [0, 0.05) is 71.7 Å². The van der Waals surface area contributed by atoms with Gasteiger partial charge in [-0.15, -0.1) is 0 Å². The van der Waals surface area contributed by atoms with Crippen LogP contribution in [0.4, 0.5) is 0 Å². The van der Waals surface area contributed by atoms with Crippen molar-refractivity contribution < 1.29 is 71.3 Å². The van der Waals surface area contributed by atoms with E-state index in [9.17, 15) is 43.3 Å². The average molecular weight is 1150 g/mol. The van der Waals surface area contributed by atoms with Crippen LogP contribution in [-0.4, -0.2) is 178 Å². The molecule has 1 amide bonds.